The van der Waals surface area contributed by atoms with E-state index < -0.39 is 6.04 Å². The Kier molecular flexibility index (Phi) is 4.76. The lowest BCUT2D eigenvalue weighted by atomic mass is 10.1. The fraction of sp³-hybridized carbons (Fsp3) is 0.300. The molecule has 7 heteroatoms. The Morgan fingerprint density at radius 3 is 2.26 bits per heavy atom. The number of imide groups is 1. The van der Waals surface area contributed by atoms with Crippen LogP contribution < -0.4 is 9.80 Å². The summed E-state index contributed by atoms with van der Waals surface area (Å²) in [6.45, 7) is 2.70. The highest BCUT2D eigenvalue weighted by atomic mass is 35.5. The van der Waals surface area contributed by atoms with Crippen molar-refractivity contribution in [3.63, 3.8) is 0 Å². The van der Waals surface area contributed by atoms with Crippen molar-refractivity contribution in [2.24, 2.45) is 0 Å². The third-order valence-electron chi connectivity index (χ3n) is 5.19. The van der Waals surface area contributed by atoms with E-state index in [1.807, 2.05) is 12.1 Å². The smallest absolute Gasteiger partial charge is 0.251 e. The van der Waals surface area contributed by atoms with E-state index in [-0.39, 0.29) is 24.0 Å². The van der Waals surface area contributed by atoms with Gasteiger partial charge in [0.05, 0.1) is 23.8 Å². The molecule has 0 saturated carbocycles. The Bertz CT molecular complexity index is 863. The van der Waals surface area contributed by atoms with Crippen LogP contribution in [0.4, 0.5) is 11.4 Å². The number of para-hydroxylation sites is 2. The molecule has 0 bridgehead atoms. The number of hydrogen-bond donors (Lipinski definition) is 1. The van der Waals surface area contributed by atoms with E-state index in [4.69, 9.17) is 11.6 Å². The summed E-state index contributed by atoms with van der Waals surface area (Å²) in [5, 5.41) is 10.6. The molecule has 1 unspecified atom stereocenters. The number of hydrogen-bond acceptors (Lipinski definition) is 5. The number of aromatic hydroxyl groups is 1. The largest absolute Gasteiger partial charge is 0.506 e. The van der Waals surface area contributed by atoms with E-state index in [0.717, 1.165) is 5.69 Å². The van der Waals surface area contributed by atoms with E-state index in [9.17, 15) is 14.7 Å². The Labute approximate surface area is 162 Å². The second kappa shape index (κ2) is 7.21. The number of carbonyl (C=O) groups excluding carboxylic acids is 2. The van der Waals surface area contributed by atoms with Crippen LogP contribution in [0.1, 0.15) is 6.42 Å². The van der Waals surface area contributed by atoms with Gasteiger partial charge in [0.2, 0.25) is 5.91 Å². The summed E-state index contributed by atoms with van der Waals surface area (Å²) >= 11 is 5.90. The van der Waals surface area contributed by atoms with E-state index >= 15 is 0 Å². The van der Waals surface area contributed by atoms with E-state index in [0.29, 0.717) is 36.9 Å². The molecule has 2 amide bonds. The maximum absolute atomic E-state index is 12.9. The summed E-state index contributed by atoms with van der Waals surface area (Å²) in [6.07, 6.45) is 0.193. The highest BCUT2D eigenvalue weighted by molar-refractivity contribution is 6.30. The van der Waals surface area contributed by atoms with Gasteiger partial charge in [-0.3, -0.25) is 14.5 Å². The molecule has 0 spiro atoms. The van der Waals surface area contributed by atoms with Crippen molar-refractivity contribution in [1.29, 1.82) is 0 Å². The van der Waals surface area contributed by atoms with Gasteiger partial charge in [-0.2, -0.15) is 0 Å². The van der Waals surface area contributed by atoms with E-state index in [1.165, 1.54) is 4.90 Å². The van der Waals surface area contributed by atoms with Crippen molar-refractivity contribution < 1.29 is 14.7 Å². The van der Waals surface area contributed by atoms with Crippen molar-refractivity contribution in [2.45, 2.75) is 12.5 Å². The summed E-state index contributed by atoms with van der Waals surface area (Å²) in [4.78, 5) is 30.8. The van der Waals surface area contributed by atoms with Gasteiger partial charge in [-0.25, -0.2) is 4.90 Å². The van der Waals surface area contributed by atoms with Gasteiger partial charge in [0.15, 0.2) is 0 Å². The van der Waals surface area contributed by atoms with Crippen molar-refractivity contribution in [2.75, 3.05) is 36.0 Å². The van der Waals surface area contributed by atoms with Crippen molar-refractivity contribution in [3.8, 4) is 5.75 Å². The normalized spacial score (nSPS) is 21.1. The first-order chi connectivity index (χ1) is 13.0. The maximum atomic E-state index is 12.9. The van der Waals surface area contributed by atoms with Crippen LogP contribution in [-0.2, 0) is 9.59 Å². The summed E-state index contributed by atoms with van der Waals surface area (Å²) in [5.74, 6) is -0.110. The molecule has 0 aromatic heterocycles. The minimum Gasteiger partial charge on any atom is -0.506 e. The van der Waals surface area contributed by atoms with Crippen LogP contribution in [-0.4, -0.2) is 54.0 Å². The highest BCUT2D eigenvalue weighted by Crippen LogP contribution is 2.30. The van der Waals surface area contributed by atoms with Crippen LogP contribution in [0.2, 0.25) is 5.02 Å². The van der Waals surface area contributed by atoms with Gasteiger partial charge in [-0.05, 0) is 36.4 Å². The summed E-state index contributed by atoms with van der Waals surface area (Å²) in [7, 11) is 0. The van der Waals surface area contributed by atoms with Crippen molar-refractivity contribution >= 4 is 34.8 Å². The predicted molar refractivity (Wildman–Crippen MR) is 104 cm³/mol. The molecule has 2 aliphatic heterocycles. The fourth-order valence-electron chi connectivity index (χ4n) is 3.77. The zero-order valence-corrected chi connectivity index (χ0v) is 15.5. The van der Waals surface area contributed by atoms with Gasteiger partial charge in [-0.1, -0.05) is 23.7 Å². The summed E-state index contributed by atoms with van der Waals surface area (Å²) in [6, 6.07) is 13.6. The lowest BCUT2D eigenvalue weighted by Crippen LogP contribution is -2.52. The third-order valence-corrected chi connectivity index (χ3v) is 5.44. The number of phenolic OH excluding ortho intramolecular Hbond substituents is 1. The molecule has 2 heterocycles. The van der Waals surface area contributed by atoms with Crippen LogP contribution in [0.15, 0.2) is 48.5 Å². The number of halogens is 1. The molecule has 140 valence electrons. The van der Waals surface area contributed by atoms with Crippen LogP contribution >= 0.6 is 11.6 Å². The first-order valence-corrected chi connectivity index (χ1v) is 9.32. The standard InChI is InChI=1S/C20H20ClN3O3/c21-14-5-7-15(8-6-14)24-19(26)13-17(20(24)27)23-11-9-22(10-12-23)16-3-1-2-4-18(16)25/h1-8,17,25H,9-13H2. The topological polar surface area (TPSA) is 64.1 Å². The molecule has 1 atom stereocenters. The lowest BCUT2D eigenvalue weighted by Gasteiger charge is -2.38. The molecular formula is C20H20ClN3O3. The first kappa shape index (κ1) is 17.8. The Balaban J connectivity index is 1.44. The number of phenols is 1. The number of benzene rings is 2. The Morgan fingerprint density at radius 2 is 1.59 bits per heavy atom. The average Bonchev–Trinajstić information content (AvgIpc) is 2.97. The molecule has 4 rings (SSSR count). The number of piperazine rings is 1. The molecule has 0 radical (unpaired) electrons. The molecule has 6 nitrogen and oxygen atoms in total. The number of carbonyl (C=O) groups is 2. The van der Waals surface area contributed by atoms with Crippen molar-refractivity contribution in [1.82, 2.24) is 4.90 Å². The minimum atomic E-state index is -0.431. The van der Waals surface area contributed by atoms with Gasteiger partial charge in [0.25, 0.3) is 5.91 Å². The Hall–Kier alpha value is -2.57. The number of nitrogens with zero attached hydrogens (tertiary/aromatic N) is 3. The maximum Gasteiger partial charge on any atom is 0.251 e. The minimum absolute atomic E-state index is 0.182. The van der Waals surface area contributed by atoms with Gasteiger partial charge < -0.3 is 10.0 Å². The molecule has 2 aromatic carbocycles. The van der Waals surface area contributed by atoms with E-state index in [1.54, 1.807) is 36.4 Å². The highest BCUT2D eigenvalue weighted by Gasteiger charge is 2.43. The summed E-state index contributed by atoms with van der Waals surface area (Å²) < 4.78 is 0. The van der Waals surface area contributed by atoms with E-state index in [2.05, 4.69) is 9.80 Å². The number of anilines is 2. The van der Waals surface area contributed by atoms with Crippen LogP contribution in [0.5, 0.6) is 5.75 Å². The van der Waals surface area contributed by atoms with Crippen molar-refractivity contribution in [3.05, 3.63) is 53.6 Å². The van der Waals surface area contributed by atoms with Crippen LogP contribution in [0.3, 0.4) is 0 Å². The zero-order valence-electron chi connectivity index (χ0n) is 14.7. The quantitative estimate of drug-likeness (QED) is 0.822. The van der Waals surface area contributed by atoms with Gasteiger partial charge >= 0.3 is 0 Å². The predicted octanol–water partition coefficient (Wildman–Crippen LogP) is 2.50. The molecule has 2 aliphatic rings. The van der Waals surface area contributed by atoms with Gasteiger partial charge in [-0.15, -0.1) is 0 Å². The molecule has 2 aromatic rings. The molecule has 2 saturated heterocycles. The van der Waals surface area contributed by atoms with Gasteiger partial charge in [0, 0.05) is 31.2 Å². The molecule has 0 aliphatic carbocycles. The molecular weight excluding hydrogens is 366 g/mol. The fourth-order valence-corrected chi connectivity index (χ4v) is 3.89. The van der Waals surface area contributed by atoms with Crippen LogP contribution in [0.25, 0.3) is 0 Å². The Morgan fingerprint density at radius 1 is 0.926 bits per heavy atom. The second-order valence-corrected chi connectivity index (χ2v) is 7.21. The molecule has 27 heavy (non-hydrogen) atoms. The first-order valence-electron chi connectivity index (χ1n) is 8.94. The molecule has 1 N–H and O–H groups in total. The monoisotopic (exact) mass is 385 g/mol. The average molecular weight is 386 g/mol. The lowest BCUT2D eigenvalue weighted by molar-refractivity contribution is -0.123. The molecule has 2 fully saturated rings. The third kappa shape index (κ3) is 3.38. The number of rotatable bonds is 3. The van der Waals surface area contributed by atoms with Crippen LogP contribution in [0, 0.1) is 0 Å². The summed E-state index contributed by atoms with van der Waals surface area (Å²) in [5.41, 5.74) is 1.36. The zero-order chi connectivity index (χ0) is 19.0. The second-order valence-electron chi connectivity index (χ2n) is 6.78. The number of amides is 2. The van der Waals surface area contributed by atoms with Gasteiger partial charge in [0.1, 0.15) is 5.75 Å². The SMILES string of the molecule is O=C1CC(N2CCN(c3ccccc3O)CC2)C(=O)N1c1ccc(Cl)cc1.